The molecule has 1 aromatic carbocycles. The van der Waals surface area contributed by atoms with Gasteiger partial charge in [-0.25, -0.2) is 4.98 Å². The Balaban J connectivity index is 1.68. The van der Waals surface area contributed by atoms with E-state index in [1.165, 1.54) is 0 Å². The van der Waals surface area contributed by atoms with E-state index < -0.39 is 11.4 Å². The van der Waals surface area contributed by atoms with Gasteiger partial charge in [0.05, 0.1) is 6.54 Å². The molecule has 0 spiro atoms. The minimum absolute atomic E-state index is 0.0507. The molecule has 6 nitrogen and oxygen atoms in total. The Morgan fingerprint density at radius 3 is 3.04 bits per heavy atom. The fourth-order valence-corrected chi connectivity index (χ4v) is 3.80. The van der Waals surface area contributed by atoms with E-state index in [1.54, 1.807) is 6.20 Å². The summed E-state index contributed by atoms with van der Waals surface area (Å²) in [5.41, 5.74) is 0.128. The Morgan fingerprint density at radius 1 is 1.48 bits per heavy atom. The molecule has 4 rings (SSSR count). The van der Waals surface area contributed by atoms with Crippen LogP contribution < -0.4 is 4.74 Å². The van der Waals surface area contributed by atoms with Crippen LogP contribution >= 0.6 is 0 Å². The molecule has 2 aliphatic rings. The normalized spacial score (nSPS) is 26.4. The van der Waals surface area contributed by atoms with Crippen molar-refractivity contribution >= 4 is 5.97 Å². The zero-order valence-electron chi connectivity index (χ0n) is 13.0. The monoisotopic (exact) mass is 313 g/mol. The molecule has 0 aliphatic carbocycles. The summed E-state index contributed by atoms with van der Waals surface area (Å²) in [5, 5.41) is 9.90. The van der Waals surface area contributed by atoms with Gasteiger partial charge in [0, 0.05) is 38.4 Å². The van der Waals surface area contributed by atoms with Crippen molar-refractivity contribution < 1.29 is 14.6 Å². The number of aryl methyl sites for hydroxylation is 1. The van der Waals surface area contributed by atoms with Gasteiger partial charge in [0.2, 0.25) is 0 Å². The van der Waals surface area contributed by atoms with Crippen molar-refractivity contribution in [2.45, 2.75) is 12.5 Å². The number of carbonyl (C=O) groups is 1. The Bertz CT molecular complexity index is 757. The van der Waals surface area contributed by atoms with Gasteiger partial charge in [-0.1, -0.05) is 18.2 Å². The van der Waals surface area contributed by atoms with Gasteiger partial charge >= 0.3 is 5.97 Å². The quantitative estimate of drug-likeness (QED) is 0.930. The van der Waals surface area contributed by atoms with Crippen LogP contribution in [0.4, 0.5) is 0 Å². The Morgan fingerprint density at radius 2 is 2.30 bits per heavy atom. The van der Waals surface area contributed by atoms with Gasteiger partial charge < -0.3 is 14.4 Å². The largest absolute Gasteiger partial charge is 0.492 e. The van der Waals surface area contributed by atoms with E-state index in [0.717, 1.165) is 17.1 Å². The number of hydrogen-bond donors (Lipinski definition) is 1. The van der Waals surface area contributed by atoms with Crippen LogP contribution in [0, 0.1) is 5.41 Å². The lowest BCUT2D eigenvalue weighted by atomic mass is 9.73. The maximum atomic E-state index is 12.1. The number of imidazole rings is 1. The zero-order valence-corrected chi connectivity index (χ0v) is 13.0. The number of ether oxygens (including phenoxy) is 1. The molecule has 6 heteroatoms. The lowest BCUT2D eigenvalue weighted by molar-refractivity contribution is -0.151. The minimum atomic E-state index is -0.875. The van der Waals surface area contributed by atoms with E-state index in [1.807, 2.05) is 42.1 Å². The predicted octanol–water partition coefficient (Wildman–Crippen LogP) is 1.48. The third-order valence-corrected chi connectivity index (χ3v) is 5.11. The molecule has 0 unspecified atom stereocenters. The third-order valence-electron chi connectivity index (χ3n) is 5.11. The van der Waals surface area contributed by atoms with Crippen LogP contribution in [0.25, 0.3) is 0 Å². The van der Waals surface area contributed by atoms with E-state index in [2.05, 4.69) is 9.88 Å². The van der Waals surface area contributed by atoms with Crippen LogP contribution in [-0.4, -0.2) is 45.2 Å². The molecular formula is C17H19N3O3. The topological polar surface area (TPSA) is 67.6 Å². The summed E-state index contributed by atoms with van der Waals surface area (Å²) in [6.07, 6.45) is 3.67. The lowest BCUT2D eigenvalue weighted by Crippen LogP contribution is -2.45. The van der Waals surface area contributed by atoms with Crippen LogP contribution in [0.2, 0.25) is 0 Å². The van der Waals surface area contributed by atoms with E-state index >= 15 is 0 Å². The number of fused-ring (bicyclic) bond motifs is 3. The van der Waals surface area contributed by atoms with Crippen molar-refractivity contribution in [3.8, 4) is 5.75 Å². The highest BCUT2D eigenvalue weighted by molar-refractivity contribution is 5.78. The van der Waals surface area contributed by atoms with Crippen molar-refractivity contribution in [3.05, 3.63) is 48.0 Å². The Labute approximate surface area is 134 Å². The average molecular weight is 313 g/mol. The summed E-state index contributed by atoms with van der Waals surface area (Å²) in [6.45, 7) is 2.06. The molecule has 1 fully saturated rings. The third kappa shape index (κ3) is 2.13. The van der Waals surface area contributed by atoms with Gasteiger partial charge in [0.25, 0.3) is 0 Å². The van der Waals surface area contributed by atoms with E-state index in [-0.39, 0.29) is 12.5 Å². The van der Waals surface area contributed by atoms with Crippen LogP contribution in [0.15, 0.2) is 36.7 Å². The molecule has 0 saturated carbocycles. The molecule has 0 bridgehead atoms. The van der Waals surface area contributed by atoms with E-state index in [0.29, 0.717) is 19.6 Å². The standard InChI is InChI=1S/C17H19N3O3/c1-19-7-6-18-15(19)9-20-8-13-12-4-2-3-5-14(12)23-11-17(13,10-20)16(21)22/h2-7,13H,8-11H2,1H3,(H,21,22)/t13-,17-/m1/s1. The molecule has 2 aliphatic heterocycles. The van der Waals surface area contributed by atoms with Gasteiger partial charge in [-0.05, 0) is 11.6 Å². The molecule has 1 aromatic heterocycles. The summed E-state index contributed by atoms with van der Waals surface area (Å²) < 4.78 is 7.75. The number of hydrogen-bond acceptors (Lipinski definition) is 4. The predicted molar refractivity (Wildman–Crippen MR) is 83.2 cm³/mol. The average Bonchev–Trinajstić information content (AvgIpc) is 3.12. The molecular weight excluding hydrogens is 294 g/mol. The molecule has 2 aromatic rings. The molecule has 1 saturated heterocycles. The van der Waals surface area contributed by atoms with Crippen molar-refractivity contribution in [1.29, 1.82) is 0 Å². The second-order valence-corrected chi connectivity index (χ2v) is 6.46. The zero-order chi connectivity index (χ0) is 16.0. The smallest absolute Gasteiger partial charge is 0.315 e. The first-order chi connectivity index (χ1) is 11.1. The summed E-state index contributed by atoms with van der Waals surface area (Å²) in [6, 6.07) is 7.78. The molecule has 23 heavy (non-hydrogen) atoms. The van der Waals surface area contributed by atoms with Gasteiger partial charge in [0.15, 0.2) is 0 Å². The van der Waals surface area contributed by atoms with Crippen LogP contribution in [0.1, 0.15) is 17.3 Å². The summed E-state index contributed by atoms with van der Waals surface area (Å²) in [5.74, 6) is 0.927. The van der Waals surface area contributed by atoms with Gasteiger partial charge in [-0.3, -0.25) is 9.69 Å². The number of nitrogens with zero attached hydrogens (tertiary/aromatic N) is 3. The lowest BCUT2D eigenvalue weighted by Gasteiger charge is -2.35. The first kappa shape index (κ1) is 14.3. The molecule has 0 amide bonds. The molecule has 0 radical (unpaired) electrons. The number of aromatic nitrogens is 2. The highest BCUT2D eigenvalue weighted by Crippen LogP contribution is 2.49. The minimum Gasteiger partial charge on any atom is -0.492 e. The SMILES string of the molecule is Cn1ccnc1CN1C[C@@H]2c3ccccc3OC[C@]2(C(=O)O)C1. The highest BCUT2D eigenvalue weighted by atomic mass is 16.5. The molecule has 120 valence electrons. The van der Waals surface area contributed by atoms with Gasteiger partial charge in [0.1, 0.15) is 23.6 Å². The maximum Gasteiger partial charge on any atom is 0.315 e. The number of rotatable bonds is 3. The van der Waals surface area contributed by atoms with Crippen molar-refractivity contribution in [1.82, 2.24) is 14.5 Å². The van der Waals surface area contributed by atoms with Crippen LogP contribution in [0.3, 0.4) is 0 Å². The molecule has 3 heterocycles. The second kappa shape index (κ2) is 5.09. The fourth-order valence-electron chi connectivity index (χ4n) is 3.80. The number of para-hydroxylation sites is 1. The van der Waals surface area contributed by atoms with Crippen molar-refractivity contribution in [3.63, 3.8) is 0 Å². The van der Waals surface area contributed by atoms with Crippen LogP contribution in [0.5, 0.6) is 5.75 Å². The Hall–Kier alpha value is -2.34. The first-order valence-corrected chi connectivity index (χ1v) is 7.74. The fraction of sp³-hybridized carbons (Fsp3) is 0.412. The number of carboxylic acids is 1. The second-order valence-electron chi connectivity index (χ2n) is 6.46. The summed E-state index contributed by atoms with van der Waals surface area (Å²) in [7, 11) is 1.96. The molecule has 1 N–H and O–H groups in total. The Kier molecular flexibility index (Phi) is 3.16. The van der Waals surface area contributed by atoms with Gasteiger partial charge in [-0.2, -0.15) is 0 Å². The number of benzene rings is 1. The number of aliphatic carboxylic acids is 1. The maximum absolute atomic E-state index is 12.1. The van der Waals surface area contributed by atoms with Crippen molar-refractivity contribution in [2.24, 2.45) is 12.5 Å². The first-order valence-electron chi connectivity index (χ1n) is 7.74. The number of likely N-dealkylation sites (tertiary alicyclic amines) is 1. The van der Waals surface area contributed by atoms with Crippen molar-refractivity contribution in [2.75, 3.05) is 19.7 Å². The summed E-state index contributed by atoms with van der Waals surface area (Å²) >= 11 is 0. The number of carboxylic acid groups (broad SMARTS) is 1. The molecule has 2 atom stereocenters. The van der Waals surface area contributed by atoms with Crippen LogP contribution in [-0.2, 0) is 18.4 Å². The van der Waals surface area contributed by atoms with E-state index in [4.69, 9.17) is 4.74 Å². The van der Waals surface area contributed by atoms with Gasteiger partial charge in [-0.15, -0.1) is 0 Å². The highest BCUT2D eigenvalue weighted by Gasteiger charge is 2.56. The summed E-state index contributed by atoms with van der Waals surface area (Å²) in [4.78, 5) is 18.6. The van der Waals surface area contributed by atoms with E-state index in [9.17, 15) is 9.90 Å².